The van der Waals surface area contributed by atoms with Crippen molar-refractivity contribution in [1.82, 2.24) is 4.31 Å². The average molecular weight is 332 g/mol. The van der Waals surface area contributed by atoms with Crippen molar-refractivity contribution in [2.24, 2.45) is 5.92 Å². The van der Waals surface area contributed by atoms with Crippen molar-refractivity contribution >= 4 is 38.2 Å². The molecule has 9 heteroatoms. The second-order valence-corrected chi connectivity index (χ2v) is 7.96. The number of nitrogens with zero attached hydrogens (tertiary/aromatic N) is 1. The number of carboxylic acid groups (broad SMARTS) is 1. The van der Waals surface area contributed by atoms with Crippen molar-refractivity contribution in [1.29, 1.82) is 0 Å². The van der Waals surface area contributed by atoms with Gasteiger partial charge in [-0.25, -0.2) is 17.5 Å². The maximum atomic E-state index is 12.1. The number of hydrogen-bond donors (Lipinski definition) is 2. The number of carbonyl (C=O) groups is 2. The Morgan fingerprint density at radius 3 is 2.43 bits per heavy atom. The summed E-state index contributed by atoms with van der Waals surface area (Å²) in [6.07, 6.45) is 2.10. The van der Waals surface area contributed by atoms with Crippen LogP contribution in [0, 0.1) is 5.92 Å². The highest BCUT2D eigenvalue weighted by molar-refractivity contribution is 7.88. The van der Waals surface area contributed by atoms with Gasteiger partial charge in [0.15, 0.2) is 0 Å². The second-order valence-electron chi connectivity index (χ2n) is 4.89. The Morgan fingerprint density at radius 1 is 1.33 bits per heavy atom. The summed E-state index contributed by atoms with van der Waals surface area (Å²) in [5.74, 6) is -1.47. The van der Waals surface area contributed by atoms with Crippen LogP contribution in [-0.4, -0.2) is 49.1 Å². The van der Waals surface area contributed by atoms with E-state index in [1.54, 1.807) is 6.07 Å². The number of nitrogens with one attached hydrogen (secondary N) is 1. The van der Waals surface area contributed by atoms with E-state index in [0.717, 1.165) is 17.6 Å². The van der Waals surface area contributed by atoms with Crippen molar-refractivity contribution in [3.8, 4) is 0 Å². The van der Waals surface area contributed by atoms with E-state index in [2.05, 4.69) is 5.32 Å². The largest absolute Gasteiger partial charge is 0.477 e. The lowest BCUT2D eigenvalue weighted by Gasteiger charge is -2.29. The number of piperidine rings is 1. The van der Waals surface area contributed by atoms with Crippen LogP contribution >= 0.6 is 11.3 Å². The highest BCUT2D eigenvalue weighted by Crippen LogP contribution is 2.25. The monoisotopic (exact) mass is 332 g/mol. The van der Waals surface area contributed by atoms with Crippen molar-refractivity contribution in [2.75, 3.05) is 24.7 Å². The predicted octanol–water partition coefficient (Wildman–Crippen LogP) is 1.06. The van der Waals surface area contributed by atoms with Gasteiger partial charge in [-0.05, 0) is 25.0 Å². The molecule has 0 atom stereocenters. The highest BCUT2D eigenvalue weighted by Gasteiger charge is 2.29. The number of amides is 1. The van der Waals surface area contributed by atoms with Crippen LogP contribution in [0.4, 0.5) is 5.00 Å². The molecule has 21 heavy (non-hydrogen) atoms. The molecule has 0 bridgehead atoms. The summed E-state index contributed by atoms with van der Waals surface area (Å²) in [6, 6.07) is 2.99. The number of carboxylic acids is 1. The summed E-state index contributed by atoms with van der Waals surface area (Å²) in [4.78, 5) is 23.0. The number of rotatable bonds is 4. The maximum Gasteiger partial charge on any atom is 0.345 e. The molecule has 1 aromatic rings. The molecular weight excluding hydrogens is 316 g/mol. The van der Waals surface area contributed by atoms with Gasteiger partial charge in [0.2, 0.25) is 15.9 Å². The second kappa shape index (κ2) is 6.12. The molecule has 2 N–H and O–H groups in total. The molecule has 1 aromatic heterocycles. The van der Waals surface area contributed by atoms with Crippen molar-refractivity contribution in [3.63, 3.8) is 0 Å². The lowest BCUT2D eigenvalue weighted by atomic mass is 9.97. The Balaban J connectivity index is 1.91. The Morgan fingerprint density at radius 2 is 1.95 bits per heavy atom. The van der Waals surface area contributed by atoms with E-state index in [1.807, 2.05) is 0 Å². The van der Waals surface area contributed by atoms with Gasteiger partial charge in [0.25, 0.3) is 0 Å². The van der Waals surface area contributed by atoms with Crippen molar-refractivity contribution in [3.05, 3.63) is 17.0 Å². The van der Waals surface area contributed by atoms with Crippen LogP contribution < -0.4 is 5.32 Å². The zero-order valence-electron chi connectivity index (χ0n) is 11.4. The molecule has 1 fully saturated rings. The third-order valence-corrected chi connectivity index (χ3v) is 5.65. The fourth-order valence-electron chi connectivity index (χ4n) is 2.19. The lowest BCUT2D eigenvalue weighted by molar-refractivity contribution is -0.120. The standard InChI is InChI=1S/C12H16N2O5S2/c1-21(18,19)14-6-4-8(5-7-14)11(15)13-10-3-2-9(20-10)12(16)17/h2-3,8H,4-7H2,1H3,(H,13,15)(H,16,17). The predicted molar refractivity (Wildman–Crippen MR) is 79.0 cm³/mol. The van der Waals surface area contributed by atoms with E-state index in [9.17, 15) is 18.0 Å². The van der Waals surface area contributed by atoms with E-state index in [4.69, 9.17) is 5.11 Å². The maximum absolute atomic E-state index is 12.1. The zero-order valence-corrected chi connectivity index (χ0v) is 13.0. The molecule has 1 aliphatic rings. The molecule has 2 heterocycles. The van der Waals surface area contributed by atoms with E-state index in [-0.39, 0.29) is 16.7 Å². The molecule has 1 aliphatic heterocycles. The molecule has 0 aliphatic carbocycles. The smallest absolute Gasteiger partial charge is 0.345 e. The molecule has 2 rings (SSSR count). The molecule has 7 nitrogen and oxygen atoms in total. The van der Waals surface area contributed by atoms with Gasteiger partial charge in [-0.2, -0.15) is 0 Å². The summed E-state index contributed by atoms with van der Waals surface area (Å²) in [7, 11) is -3.20. The van der Waals surface area contributed by atoms with Crippen LogP contribution in [0.15, 0.2) is 12.1 Å². The van der Waals surface area contributed by atoms with Gasteiger partial charge in [0.1, 0.15) is 4.88 Å². The first kappa shape index (κ1) is 15.9. The van der Waals surface area contributed by atoms with Gasteiger partial charge in [-0.15, -0.1) is 11.3 Å². The molecule has 0 aromatic carbocycles. The lowest BCUT2D eigenvalue weighted by Crippen LogP contribution is -2.40. The fraction of sp³-hybridized carbons (Fsp3) is 0.500. The van der Waals surface area contributed by atoms with Crippen LogP contribution in [0.25, 0.3) is 0 Å². The summed E-state index contributed by atoms with van der Waals surface area (Å²) < 4.78 is 24.1. The fourth-order valence-corrected chi connectivity index (χ4v) is 3.82. The molecule has 116 valence electrons. The first-order valence-corrected chi connectivity index (χ1v) is 9.03. The Bertz CT molecular complexity index is 644. The van der Waals surface area contributed by atoms with Gasteiger partial charge < -0.3 is 10.4 Å². The van der Waals surface area contributed by atoms with E-state index >= 15 is 0 Å². The minimum atomic E-state index is -3.20. The van der Waals surface area contributed by atoms with Crippen LogP contribution in [0.2, 0.25) is 0 Å². The molecule has 0 saturated carbocycles. The van der Waals surface area contributed by atoms with E-state index < -0.39 is 16.0 Å². The van der Waals surface area contributed by atoms with Gasteiger partial charge in [0.05, 0.1) is 11.3 Å². The van der Waals surface area contributed by atoms with E-state index in [1.165, 1.54) is 10.4 Å². The molecular formula is C12H16N2O5S2. The van der Waals surface area contributed by atoms with Crippen LogP contribution in [-0.2, 0) is 14.8 Å². The number of hydrogen-bond acceptors (Lipinski definition) is 5. The average Bonchev–Trinajstić information content (AvgIpc) is 2.86. The zero-order chi connectivity index (χ0) is 15.6. The summed E-state index contributed by atoms with van der Waals surface area (Å²) in [6.45, 7) is 0.670. The van der Waals surface area contributed by atoms with Gasteiger partial charge >= 0.3 is 5.97 Å². The SMILES string of the molecule is CS(=O)(=O)N1CCC(C(=O)Nc2ccc(C(=O)O)s2)CC1. The molecule has 1 saturated heterocycles. The van der Waals surface area contributed by atoms with Crippen LogP contribution in [0.5, 0.6) is 0 Å². The van der Waals surface area contributed by atoms with Crippen molar-refractivity contribution < 1.29 is 23.1 Å². The number of aromatic carboxylic acids is 1. The molecule has 0 radical (unpaired) electrons. The van der Waals surface area contributed by atoms with Crippen LogP contribution in [0.1, 0.15) is 22.5 Å². The number of sulfonamides is 1. The topological polar surface area (TPSA) is 104 Å². The molecule has 0 spiro atoms. The first-order chi connectivity index (χ1) is 9.77. The van der Waals surface area contributed by atoms with E-state index in [0.29, 0.717) is 30.9 Å². The highest BCUT2D eigenvalue weighted by atomic mass is 32.2. The molecule has 0 unspecified atom stereocenters. The summed E-state index contributed by atoms with van der Waals surface area (Å²) in [5, 5.41) is 12.0. The van der Waals surface area contributed by atoms with Crippen molar-refractivity contribution in [2.45, 2.75) is 12.8 Å². The normalized spacial score (nSPS) is 17.6. The number of thiophene rings is 1. The first-order valence-electron chi connectivity index (χ1n) is 6.36. The Kier molecular flexibility index (Phi) is 4.64. The minimum Gasteiger partial charge on any atom is -0.477 e. The van der Waals surface area contributed by atoms with Gasteiger partial charge in [-0.3, -0.25) is 4.79 Å². The van der Waals surface area contributed by atoms with Gasteiger partial charge in [-0.1, -0.05) is 0 Å². The van der Waals surface area contributed by atoms with Gasteiger partial charge in [0, 0.05) is 19.0 Å². The third-order valence-electron chi connectivity index (χ3n) is 3.36. The number of carbonyl (C=O) groups excluding carboxylic acids is 1. The quantitative estimate of drug-likeness (QED) is 0.858. The Hall–Kier alpha value is -1.45. The van der Waals surface area contributed by atoms with Crippen LogP contribution in [0.3, 0.4) is 0 Å². The summed E-state index contributed by atoms with van der Waals surface area (Å²) >= 11 is 1.00. The Labute approximate surface area is 126 Å². The third kappa shape index (κ3) is 4.02. The number of anilines is 1. The summed E-state index contributed by atoms with van der Waals surface area (Å²) in [5.41, 5.74) is 0. The minimum absolute atomic E-state index is 0.164. The molecule has 1 amide bonds.